The largest absolute Gasteiger partial charge is 0.508 e. The van der Waals surface area contributed by atoms with E-state index in [1.54, 1.807) is 43.3 Å². The molecule has 0 saturated carbocycles. The molecule has 2 aromatic carbocycles. The predicted molar refractivity (Wildman–Crippen MR) is 83.0 cm³/mol. The van der Waals surface area contributed by atoms with Crippen LogP contribution in [0, 0.1) is 6.92 Å². The van der Waals surface area contributed by atoms with Gasteiger partial charge in [-0.25, -0.2) is 0 Å². The molecule has 2 aromatic rings. The molecular formula is C17H19NO3. The van der Waals surface area contributed by atoms with Gasteiger partial charge in [-0.2, -0.15) is 0 Å². The number of phenolic OH excluding ortho intramolecular Hbond substituents is 1. The van der Waals surface area contributed by atoms with Gasteiger partial charge in [-0.15, -0.1) is 0 Å². The smallest absolute Gasteiger partial charge is 0.255 e. The second-order valence-electron chi connectivity index (χ2n) is 4.78. The Morgan fingerprint density at radius 2 is 2.00 bits per heavy atom. The summed E-state index contributed by atoms with van der Waals surface area (Å²) in [4.78, 5) is 12.3. The molecule has 0 aliphatic carbocycles. The number of amides is 1. The first-order chi connectivity index (χ1) is 10.1. The molecule has 0 saturated heterocycles. The first-order valence-corrected chi connectivity index (χ1v) is 6.94. The highest BCUT2D eigenvalue weighted by molar-refractivity contribution is 6.05. The molecular weight excluding hydrogens is 266 g/mol. The van der Waals surface area contributed by atoms with E-state index in [9.17, 15) is 9.90 Å². The van der Waals surface area contributed by atoms with Gasteiger partial charge >= 0.3 is 0 Å². The Bertz CT molecular complexity index is 638. The molecule has 0 bridgehead atoms. The van der Waals surface area contributed by atoms with E-state index < -0.39 is 0 Å². The van der Waals surface area contributed by atoms with E-state index in [2.05, 4.69) is 5.32 Å². The molecule has 4 nitrogen and oxygen atoms in total. The van der Waals surface area contributed by atoms with Crippen molar-refractivity contribution in [1.82, 2.24) is 0 Å². The number of carbonyl (C=O) groups is 1. The maximum absolute atomic E-state index is 12.3. The summed E-state index contributed by atoms with van der Waals surface area (Å²) in [7, 11) is 0. The lowest BCUT2D eigenvalue weighted by molar-refractivity contribution is 0.102. The molecule has 21 heavy (non-hydrogen) atoms. The summed E-state index contributed by atoms with van der Waals surface area (Å²) in [6, 6.07) is 12.1. The van der Waals surface area contributed by atoms with Crippen molar-refractivity contribution in [2.45, 2.75) is 20.3 Å². The molecule has 0 atom stereocenters. The third-order valence-corrected chi connectivity index (χ3v) is 3.12. The fourth-order valence-electron chi connectivity index (χ4n) is 1.90. The van der Waals surface area contributed by atoms with Crippen molar-refractivity contribution in [3.8, 4) is 11.5 Å². The van der Waals surface area contributed by atoms with Gasteiger partial charge in [0.15, 0.2) is 0 Å². The Hall–Kier alpha value is -2.49. The number of hydrogen-bond acceptors (Lipinski definition) is 3. The van der Waals surface area contributed by atoms with Gasteiger partial charge in [0.25, 0.3) is 5.91 Å². The van der Waals surface area contributed by atoms with Crippen molar-refractivity contribution in [2.75, 3.05) is 11.9 Å². The number of phenols is 1. The van der Waals surface area contributed by atoms with E-state index in [4.69, 9.17) is 4.74 Å². The summed E-state index contributed by atoms with van der Waals surface area (Å²) in [6.07, 6.45) is 0.916. The third kappa shape index (κ3) is 3.75. The minimum atomic E-state index is -0.231. The van der Waals surface area contributed by atoms with E-state index in [1.165, 1.54) is 0 Å². The molecule has 2 N–H and O–H groups in total. The zero-order valence-corrected chi connectivity index (χ0v) is 12.2. The average Bonchev–Trinajstić information content (AvgIpc) is 2.50. The van der Waals surface area contributed by atoms with Crippen LogP contribution in [0.4, 0.5) is 5.69 Å². The number of carbonyl (C=O) groups excluding carboxylic acids is 1. The minimum Gasteiger partial charge on any atom is -0.508 e. The van der Waals surface area contributed by atoms with Crippen LogP contribution in [0.25, 0.3) is 0 Å². The van der Waals surface area contributed by atoms with Crippen LogP contribution in [-0.4, -0.2) is 17.6 Å². The van der Waals surface area contributed by atoms with Gasteiger partial charge in [-0.1, -0.05) is 19.1 Å². The van der Waals surface area contributed by atoms with Crippen molar-refractivity contribution in [3.63, 3.8) is 0 Å². The van der Waals surface area contributed by atoms with Gasteiger partial charge in [0.1, 0.15) is 11.5 Å². The van der Waals surface area contributed by atoms with Gasteiger partial charge in [-0.05, 0) is 43.7 Å². The topological polar surface area (TPSA) is 58.6 Å². The molecule has 0 radical (unpaired) electrons. The van der Waals surface area contributed by atoms with Crippen LogP contribution in [0.1, 0.15) is 29.3 Å². The summed E-state index contributed by atoms with van der Waals surface area (Å²) in [5, 5.41) is 12.4. The van der Waals surface area contributed by atoms with E-state index in [-0.39, 0.29) is 11.7 Å². The monoisotopic (exact) mass is 285 g/mol. The Morgan fingerprint density at radius 1 is 1.24 bits per heavy atom. The first-order valence-electron chi connectivity index (χ1n) is 6.94. The molecule has 110 valence electrons. The van der Waals surface area contributed by atoms with Crippen LogP contribution in [0.15, 0.2) is 42.5 Å². The van der Waals surface area contributed by atoms with Crippen LogP contribution in [-0.2, 0) is 0 Å². The molecule has 0 aromatic heterocycles. The predicted octanol–water partition coefficient (Wildman–Crippen LogP) is 3.74. The van der Waals surface area contributed by atoms with Crippen molar-refractivity contribution < 1.29 is 14.6 Å². The zero-order valence-electron chi connectivity index (χ0n) is 12.2. The number of aromatic hydroxyl groups is 1. The number of nitrogens with one attached hydrogen (secondary N) is 1. The molecule has 0 fully saturated rings. The van der Waals surface area contributed by atoms with Crippen LogP contribution >= 0.6 is 0 Å². The van der Waals surface area contributed by atoms with Crippen molar-refractivity contribution in [1.29, 1.82) is 0 Å². The summed E-state index contributed by atoms with van der Waals surface area (Å²) in [5.74, 6) is 0.607. The fourth-order valence-corrected chi connectivity index (χ4v) is 1.90. The van der Waals surface area contributed by atoms with Crippen LogP contribution < -0.4 is 10.1 Å². The second-order valence-corrected chi connectivity index (χ2v) is 4.78. The number of rotatable bonds is 5. The van der Waals surface area contributed by atoms with Crippen molar-refractivity contribution >= 4 is 11.6 Å². The molecule has 4 heteroatoms. The Balaban J connectivity index is 2.15. The number of benzene rings is 2. The van der Waals surface area contributed by atoms with Crippen molar-refractivity contribution in [2.24, 2.45) is 0 Å². The second kappa shape index (κ2) is 6.79. The molecule has 0 spiro atoms. The Morgan fingerprint density at radius 3 is 2.76 bits per heavy atom. The van der Waals surface area contributed by atoms with Gasteiger partial charge in [0.2, 0.25) is 0 Å². The van der Waals surface area contributed by atoms with Gasteiger partial charge in [-0.3, -0.25) is 4.79 Å². The fraction of sp³-hybridized carbons (Fsp3) is 0.235. The Kier molecular flexibility index (Phi) is 4.82. The average molecular weight is 285 g/mol. The molecule has 2 rings (SSSR count). The quantitative estimate of drug-likeness (QED) is 0.879. The summed E-state index contributed by atoms with van der Waals surface area (Å²) >= 11 is 0. The van der Waals surface area contributed by atoms with Gasteiger partial charge < -0.3 is 15.2 Å². The van der Waals surface area contributed by atoms with Gasteiger partial charge in [0, 0.05) is 16.8 Å². The maximum Gasteiger partial charge on any atom is 0.255 e. The maximum atomic E-state index is 12.3. The highest BCUT2D eigenvalue weighted by Crippen LogP contribution is 2.24. The lowest BCUT2D eigenvalue weighted by Crippen LogP contribution is -2.13. The minimum absolute atomic E-state index is 0.160. The molecule has 0 heterocycles. The molecule has 0 unspecified atom stereocenters. The summed E-state index contributed by atoms with van der Waals surface area (Å²) in [5.41, 5.74) is 1.76. The first kappa shape index (κ1) is 14.9. The third-order valence-electron chi connectivity index (χ3n) is 3.12. The normalized spacial score (nSPS) is 10.2. The van der Waals surface area contributed by atoms with E-state index in [1.807, 2.05) is 13.0 Å². The summed E-state index contributed by atoms with van der Waals surface area (Å²) < 4.78 is 5.52. The Labute approximate surface area is 124 Å². The molecule has 0 aliphatic heterocycles. The standard InChI is InChI=1S/C17H19NO3/c1-3-10-21-14-7-4-6-13(11-14)17(20)18-15-8-5-9-16(19)12(15)2/h4-9,11,19H,3,10H2,1-2H3,(H,18,20). The summed E-state index contributed by atoms with van der Waals surface area (Å²) in [6.45, 7) is 4.41. The zero-order chi connectivity index (χ0) is 15.2. The van der Waals surface area contributed by atoms with Crippen LogP contribution in [0.2, 0.25) is 0 Å². The lowest BCUT2D eigenvalue weighted by atomic mass is 10.1. The van der Waals surface area contributed by atoms with Crippen LogP contribution in [0.5, 0.6) is 11.5 Å². The highest BCUT2D eigenvalue weighted by Gasteiger charge is 2.10. The number of ether oxygens (including phenoxy) is 1. The van der Waals surface area contributed by atoms with Gasteiger partial charge in [0.05, 0.1) is 6.61 Å². The van der Waals surface area contributed by atoms with E-state index in [0.29, 0.717) is 29.2 Å². The van der Waals surface area contributed by atoms with E-state index >= 15 is 0 Å². The number of anilines is 1. The van der Waals surface area contributed by atoms with Crippen molar-refractivity contribution in [3.05, 3.63) is 53.6 Å². The molecule has 0 aliphatic rings. The lowest BCUT2D eigenvalue weighted by Gasteiger charge is -2.10. The SMILES string of the molecule is CCCOc1cccc(C(=O)Nc2cccc(O)c2C)c1. The molecule has 1 amide bonds. The number of hydrogen-bond donors (Lipinski definition) is 2. The van der Waals surface area contributed by atoms with E-state index in [0.717, 1.165) is 6.42 Å². The van der Waals surface area contributed by atoms with Crippen LogP contribution in [0.3, 0.4) is 0 Å². The highest BCUT2D eigenvalue weighted by atomic mass is 16.5.